The third-order valence-electron chi connectivity index (χ3n) is 3.97. The molecule has 0 aliphatic carbocycles. The third-order valence-corrected chi connectivity index (χ3v) is 3.97. The first-order chi connectivity index (χ1) is 12.2. The molecule has 0 spiro atoms. The molecule has 3 N–H and O–H groups in total. The van der Waals surface area contributed by atoms with Gasteiger partial charge in [0, 0.05) is 38.8 Å². The predicted octanol–water partition coefficient (Wildman–Crippen LogP) is 0.285. The fourth-order valence-corrected chi connectivity index (χ4v) is 2.55. The topological polar surface area (TPSA) is 91.1 Å². The largest absolute Gasteiger partial charge is 0.459 e. The molecule has 1 aliphatic heterocycles. The summed E-state index contributed by atoms with van der Waals surface area (Å²) >= 11 is 0. The van der Waals surface area contributed by atoms with E-state index in [1.165, 1.54) is 6.26 Å². The second kappa shape index (κ2) is 10.7. The first kappa shape index (κ1) is 19.3. The fraction of sp³-hybridized carbons (Fsp3) is 0.647. The van der Waals surface area contributed by atoms with Gasteiger partial charge in [-0.25, -0.2) is 0 Å². The second-order valence-electron chi connectivity index (χ2n) is 5.88. The van der Waals surface area contributed by atoms with E-state index >= 15 is 0 Å². The summed E-state index contributed by atoms with van der Waals surface area (Å²) in [5, 5.41) is 9.25. The highest BCUT2D eigenvalue weighted by Gasteiger charge is 2.16. The van der Waals surface area contributed by atoms with Crippen LogP contribution in [0.1, 0.15) is 24.4 Å². The Balaban J connectivity index is 1.70. The van der Waals surface area contributed by atoms with Crippen LogP contribution in [0.2, 0.25) is 0 Å². The summed E-state index contributed by atoms with van der Waals surface area (Å²) in [4.78, 5) is 18.8. The predicted molar refractivity (Wildman–Crippen MR) is 96.9 cm³/mol. The molecule has 1 unspecified atom stereocenters. The first-order valence-corrected chi connectivity index (χ1v) is 8.86. The highest BCUT2D eigenvalue weighted by molar-refractivity contribution is 5.91. The Labute approximate surface area is 149 Å². The standard InChI is InChI=1S/C17H29N5O3/c1-3-18-17(21-13-14(2)22-8-11-24-12-9-22)20-7-6-19-16(23)15-5-4-10-25-15/h4-5,10,14H,3,6-9,11-13H2,1-2H3,(H,19,23)(H2,18,20,21). The molecule has 1 saturated heterocycles. The number of carbonyl (C=O) groups excluding carboxylic acids is 1. The van der Waals surface area contributed by atoms with Gasteiger partial charge < -0.3 is 25.1 Å². The summed E-state index contributed by atoms with van der Waals surface area (Å²) in [5.41, 5.74) is 0. The molecule has 0 radical (unpaired) electrons. The van der Waals surface area contributed by atoms with Crippen molar-refractivity contribution in [1.29, 1.82) is 0 Å². The van der Waals surface area contributed by atoms with Crippen molar-refractivity contribution in [3.05, 3.63) is 24.2 Å². The van der Waals surface area contributed by atoms with Crippen molar-refractivity contribution in [2.75, 3.05) is 52.5 Å². The fourth-order valence-electron chi connectivity index (χ4n) is 2.55. The van der Waals surface area contributed by atoms with Crippen molar-refractivity contribution in [2.24, 2.45) is 4.99 Å². The summed E-state index contributed by atoms with van der Waals surface area (Å²) in [6, 6.07) is 3.71. The first-order valence-electron chi connectivity index (χ1n) is 8.86. The smallest absolute Gasteiger partial charge is 0.287 e. The van der Waals surface area contributed by atoms with Crippen LogP contribution in [0.15, 0.2) is 27.8 Å². The van der Waals surface area contributed by atoms with Crippen LogP contribution in [0.25, 0.3) is 0 Å². The Bertz CT molecular complexity index is 526. The van der Waals surface area contributed by atoms with Crippen molar-refractivity contribution in [3.8, 4) is 0 Å². The zero-order valence-electron chi connectivity index (χ0n) is 15.1. The minimum atomic E-state index is -0.213. The van der Waals surface area contributed by atoms with E-state index in [9.17, 15) is 4.79 Å². The summed E-state index contributed by atoms with van der Waals surface area (Å²) in [7, 11) is 0. The average molecular weight is 351 g/mol. The number of nitrogens with zero attached hydrogens (tertiary/aromatic N) is 2. The van der Waals surface area contributed by atoms with Crippen molar-refractivity contribution < 1.29 is 13.9 Å². The number of guanidine groups is 1. The summed E-state index contributed by atoms with van der Waals surface area (Å²) < 4.78 is 10.4. The summed E-state index contributed by atoms with van der Waals surface area (Å²) in [6.07, 6.45) is 1.48. The van der Waals surface area contributed by atoms with Gasteiger partial charge in [-0.3, -0.25) is 14.7 Å². The zero-order valence-corrected chi connectivity index (χ0v) is 15.1. The van der Waals surface area contributed by atoms with E-state index in [0.717, 1.165) is 38.8 Å². The number of furan rings is 1. The number of aliphatic imine (C=N–C) groups is 1. The molecule has 140 valence electrons. The van der Waals surface area contributed by atoms with Gasteiger partial charge in [-0.05, 0) is 26.0 Å². The third kappa shape index (κ3) is 6.75. The Morgan fingerprint density at radius 3 is 2.72 bits per heavy atom. The van der Waals surface area contributed by atoms with Crippen molar-refractivity contribution >= 4 is 11.9 Å². The van der Waals surface area contributed by atoms with Gasteiger partial charge in [0.2, 0.25) is 0 Å². The maximum Gasteiger partial charge on any atom is 0.287 e. The van der Waals surface area contributed by atoms with Gasteiger partial charge in [0.1, 0.15) is 0 Å². The molecule has 1 amide bonds. The maximum atomic E-state index is 11.8. The van der Waals surface area contributed by atoms with Crippen molar-refractivity contribution in [1.82, 2.24) is 20.9 Å². The van der Waals surface area contributed by atoms with Gasteiger partial charge in [-0.1, -0.05) is 0 Å². The lowest BCUT2D eigenvalue weighted by Crippen LogP contribution is -2.45. The second-order valence-corrected chi connectivity index (χ2v) is 5.88. The minimum Gasteiger partial charge on any atom is -0.459 e. The Morgan fingerprint density at radius 2 is 2.04 bits per heavy atom. The molecule has 1 aliphatic rings. The molecule has 25 heavy (non-hydrogen) atoms. The van der Waals surface area contributed by atoms with E-state index in [1.807, 2.05) is 6.92 Å². The lowest BCUT2D eigenvalue weighted by Gasteiger charge is -2.31. The number of amides is 1. The number of hydrogen-bond donors (Lipinski definition) is 3. The molecular formula is C17H29N5O3. The molecule has 0 saturated carbocycles. The number of morpholine rings is 1. The molecule has 1 aromatic heterocycles. The number of ether oxygens (including phenoxy) is 1. The molecule has 1 atom stereocenters. The number of hydrogen-bond acceptors (Lipinski definition) is 5. The van der Waals surface area contributed by atoms with E-state index in [2.05, 4.69) is 32.8 Å². The van der Waals surface area contributed by atoms with Gasteiger partial charge in [0.05, 0.1) is 26.0 Å². The van der Waals surface area contributed by atoms with Crippen LogP contribution in [0.3, 0.4) is 0 Å². The van der Waals surface area contributed by atoms with Crippen LogP contribution in [0, 0.1) is 0 Å². The zero-order chi connectivity index (χ0) is 17.9. The highest BCUT2D eigenvalue weighted by Crippen LogP contribution is 2.03. The SMILES string of the molecule is CCNC(=NCC(C)N1CCOCC1)NCCNC(=O)c1ccco1. The molecule has 0 aromatic carbocycles. The van der Waals surface area contributed by atoms with Gasteiger partial charge in [-0.15, -0.1) is 0 Å². The van der Waals surface area contributed by atoms with Crippen LogP contribution >= 0.6 is 0 Å². The van der Waals surface area contributed by atoms with Crippen LogP contribution in [0.5, 0.6) is 0 Å². The lowest BCUT2D eigenvalue weighted by molar-refractivity contribution is 0.0220. The lowest BCUT2D eigenvalue weighted by atomic mass is 10.2. The van der Waals surface area contributed by atoms with E-state index < -0.39 is 0 Å². The van der Waals surface area contributed by atoms with Crippen LogP contribution in [0.4, 0.5) is 0 Å². The number of carbonyl (C=O) groups is 1. The van der Waals surface area contributed by atoms with Crippen molar-refractivity contribution in [2.45, 2.75) is 19.9 Å². The van der Waals surface area contributed by atoms with E-state index in [0.29, 0.717) is 31.4 Å². The van der Waals surface area contributed by atoms with Gasteiger partial charge >= 0.3 is 0 Å². The Morgan fingerprint density at radius 1 is 1.28 bits per heavy atom. The monoisotopic (exact) mass is 351 g/mol. The molecule has 2 heterocycles. The molecular weight excluding hydrogens is 322 g/mol. The summed E-state index contributed by atoms with van der Waals surface area (Å²) in [6.45, 7) is 10.3. The Kier molecular flexibility index (Phi) is 8.27. The van der Waals surface area contributed by atoms with Crippen molar-refractivity contribution in [3.63, 3.8) is 0 Å². The number of rotatable bonds is 8. The molecule has 1 fully saturated rings. The van der Waals surface area contributed by atoms with E-state index in [4.69, 9.17) is 9.15 Å². The normalized spacial score (nSPS) is 17.1. The minimum absolute atomic E-state index is 0.213. The van der Waals surface area contributed by atoms with Gasteiger partial charge in [0.25, 0.3) is 5.91 Å². The van der Waals surface area contributed by atoms with E-state index in [1.54, 1.807) is 12.1 Å². The average Bonchev–Trinajstić information content (AvgIpc) is 3.18. The molecule has 0 bridgehead atoms. The van der Waals surface area contributed by atoms with Crippen LogP contribution in [-0.4, -0.2) is 75.3 Å². The molecule has 8 heteroatoms. The number of nitrogens with one attached hydrogen (secondary N) is 3. The Hall–Kier alpha value is -2.06. The van der Waals surface area contributed by atoms with E-state index in [-0.39, 0.29) is 5.91 Å². The molecule has 2 rings (SSSR count). The van der Waals surface area contributed by atoms with Gasteiger partial charge in [-0.2, -0.15) is 0 Å². The maximum absolute atomic E-state index is 11.8. The highest BCUT2D eigenvalue weighted by atomic mass is 16.5. The molecule has 1 aromatic rings. The summed E-state index contributed by atoms with van der Waals surface area (Å²) in [5.74, 6) is 0.865. The molecule has 8 nitrogen and oxygen atoms in total. The van der Waals surface area contributed by atoms with Gasteiger partial charge in [0.15, 0.2) is 11.7 Å². The quantitative estimate of drug-likeness (QED) is 0.354. The van der Waals surface area contributed by atoms with Crippen LogP contribution < -0.4 is 16.0 Å². The van der Waals surface area contributed by atoms with Crippen LogP contribution in [-0.2, 0) is 4.74 Å².